The summed E-state index contributed by atoms with van der Waals surface area (Å²) in [5, 5.41) is 13.8. The number of phosphoric acid groups is 1. The summed E-state index contributed by atoms with van der Waals surface area (Å²) >= 11 is 0. The van der Waals surface area contributed by atoms with E-state index in [0.717, 1.165) is 44.9 Å². The second-order valence-corrected chi connectivity index (χ2v) is 23.9. The fourth-order valence-electron chi connectivity index (χ4n) is 9.25. The SMILES string of the molecule is CCCCCCC/C=C\C/C=C\CCCCCCCCCCCCCCCCCCCCCCCCCCCCCCCC(=O)NC(COP(=O)(O)OCC[N+](C)(C)C)C(O)/C=C/CCCCCCCC. The Bertz CT molecular complexity index is 1250. The highest BCUT2D eigenvalue weighted by Gasteiger charge is 2.27. The van der Waals surface area contributed by atoms with Crippen molar-refractivity contribution in [3.05, 3.63) is 36.5 Å². The van der Waals surface area contributed by atoms with E-state index >= 15 is 0 Å². The van der Waals surface area contributed by atoms with E-state index in [2.05, 4.69) is 43.5 Å². The maximum Gasteiger partial charge on any atom is 0.472 e. The quantitative estimate of drug-likeness (QED) is 0.0243. The number of carbonyl (C=O) groups is 1. The molecule has 0 aromatic rings. The first kappa shape index (κ1) is 69.7. The number of quaternary nitrogens is 1. The van der Waals surface area contributed by atoms with Crippen LogP contribution in [0.1, 0.15) is 303 Å². The van der Waals surface area contributed by atoms with Crippen molar-refractivity contribution in [1.82, 2.24) is 5.32 Å². The molecule has 71 heavy (non-hydrogen) atoms. The summed E-state index contributed by atoms with van der Waals surface area (Å²) in [6.45, 7) is 4.78. The molecule has 0 spiro atoms. The molecule has 0 aliphatic rings. The summed E-state index contributed by atoms with van der Waals surface area (Å²) in [4.78, 5) is 23.1. The number of nitrogens with zero attached hydrogens (tertiary/aromatic N) is 1. The number of rotatable bonds is 57. The molecule has 0 aromatic carbocycles. The molecule has 3 atom stereocenters. The maximum atomic E-state index is 12.9. The molecule has 8 nitrogen and oxygen atoms in total. The number of unbranched alkanes of at least 4 members (excludes halogenated alkanes) is 40. The summed E-state index contributed by atoms with van der Waals surface area (Å²) in [5.74, 6) is -0.175. The fourth-order valence-corrected chi connectivity index (χ4v) is 9.99. The van der Waals surface area contributed by atoms with Gasteiger partial charge in [0.05, 0.1) is 39.9 Å². The van der Waals surface area contributed by atoms with Crippen LogP contribution in [0.2, 0.25) is 0 Å². The highest BCUT2D eigenvalue weighted by molar-refractivity contribution is 7.47. The van der Waals surface area contributed by atoms with Gasteiger partial charge in [-0.1, -0.05) is 281 Å². The Kier molecular flexibility index (Phi) is 52.6. The van der Waals surface area contributed by atoms with Gasteiger partial charge in [0, 0.05) is 6.42 Å². The van der Waals surface area contributed by atoms with Crippen molar-refractivity contribution in [1.29, 1.82) is 0 Å². The van der Waals surface area contributed by atoms with Gasteiger partial charge in [-0.2, -0.15) is 0 Å². The van der Waals surface area contributed by atoms with Crippen LogP contribution in [0.25, 0.3) is 0 Å². The zero-order valence-corrected chi connectivity index (χ0v) is 48.9. The number of amides is 1. The van der Waals surface area contributed by atoms with Crippen LogP contribution in [-0.4, -0.2) is 73.4 Å². The fraction of sp³-hybridized carbons (Fsp3) is 0.887. The average molecular weight is 1020 g/mol. The van der Waals surface area contributed by atoms with E-state index in [4.69, 9.17) is 9.05 Å². The standard InChI is InChI=1S/C62H121N2O6P/c1-6-8-10-12-14-16-17-18-19-20-21-22-23-24-25-26-27-28-29-30-31-32-33-34-35-36-37-38-39-40-41-42-43-44-45-46-47-48-50-52-54-56-62(66)63-60(59-70-71(67,68)69-58-57-64(3,4)5)61(65)55-53-51-49-15-13-11-9-7-2/h17-18,20-21,53,55,60-61,65H,6-16,19,22-52,54,56-59H2,1-5H3,(H-,63,66,67,68)/p+1/b18-17-,21-20-,55-53+. The van der Waals surface area contributed by atoms with Crippen molar-refractivity contribution < 1.29 is 32.9 Å². The predicted octanol–water partition coefficient (Wildman–Crippen LogP) is 18.9. The van der Waals surface area contributed by atoms with Crippen molar-refractivity contribution in [2.24, 2.45) is 0 Å². The average Bonchev–Trinajstić information content (AvgIpc) is 3.33. The Morgan fingerprint density at radius 2 is 0.803 bits per heavy atom. The third-order valence-corrected chi connectivity index (χ3v) is 15.1. The highest BCUT2D eigenvalue weighted by atomic mass is 31.2. The smallest absolute Gasteiger partial charge is 0.387 e. The first-order chi connectivity index (χ1) is 34.5. The number of hydrogen-bond acceptors (Lipinski definition) is 5. The van der Waals surface area contributed by atoms with E-state index in [1.807, 2.05) is 27.2 Å². The molecule has 0 radical (unpaired) electrons. The number of allylic oxidation sites excluding steroid dienone is 5. The van der Waals surface area contributed by atoms with Crippen LogP contribution < -0.4 is 5.32 Å². The minimum Gasteiger partial charge on any atom is -0.387 e. The van der Waals surface area contributed by atoms with E-state index in [0.29, 0.717) is 17.4 Å². The van der Waals surface area contributed by atoms with Gasteiger partial charge in [-0.25, -0.2) is 4.57 Å². The maximum absolute atomic E-state index is 12.9. The first-order valence-electron chi connectivity index (χ1n) is 30.9. The van der Waals surface area contributed by atoms with Crippen molar-refractivity contribution in [2.45, 2.75) is 315 Å². The lowest BCUT2D eigenvalue weighted by atomic mass is 10.0. The molecule has 3 N–H and O–H groups in total. The Labute approximate surface area is 442 Å². The number of nitrogens with one attached hydrogen (secondary N) is 1. The van der Waals surface area contributed by atoms with Crippen molar-refractivity contribution in [3.63, 3.8) is 0 Å². The van der Waals surface area contributed by atoms with Crippen molar-refractivity contribution >= 4 is 13.7 Å². The van der Waals surface area contributed by atoms with Crippen LogP contribution in [0.5, 0.6) is 0 Å². The van der Waals surface area contributed by atoms with E-state index < -0.39 is 20.0 Å². The van der Waals surface area contributed by atoms with Crippen LogP contribution in [0.15, 0.2) is 36.5 Å². The lowest BCUT2D eigenvalue weighted by Crippen LogP contribution is -2.45. The van der Waals surface area contributed by atoms with Gasteiger partial charge >= 0.3 is 7.82 Å². The van der Waals surface area contributed by atoms with Crippen LogP contribution in [0, 0.1) is 0 Å². The summed E-state index contributed by atoms with van der Waals surface area (Å²) in [7, 11) is 1.58. The number of likely N-dealkylation sites (N-methyl/N-ethyl adjacent to an activating group) is 1. The minimum atomic E-state index is -4.33. The van der Waals surface area contributed by atoms with E-state index in [-0.39, 0.29) is 19.1 Å². The Balaban J connectivity index is 3.71. The first-order valence-corrected chi connectivity index (χ1v) is 32.4. The Morgan fingerprint density at radius 1 is 0.479 bits per heavy atom. The molecule has 9 heteroatoms. The van der Waals surface area contributed by atoms with Crippen LogP contribution in [-0.2, 0) is 18.4 Å². The minimum absolute atomic E-state index is 0.0632. The van der Waals surface area contributed by atoms with Gasteiger partial charge in [-0.05, 0) is 51.4 Å². The van der Waals surface area contributed by atoms with E-state index in [1.165, 1.54) is 238 Å². The second kappa shape index (κ2) is 53.5. The van der Waals surface area contributed by atoms with Gasteiger partial charge in [-0.3, -0.25) is 13.8 Å². The molecule has 0 fully saturated rings. The Hall–Kier alpha value is -1.28. The van der Waals surface area contributed by atoms with Gasteiger partial charge in [0.25, 0.3) is 0 Å². The monoisotopic (exact) mass is 1020 g/mol. The van der Waals surface area contributed by atoms with Crippen molar-refractivity contribution in [2.75, 3.05) is 40.9 Å². The zero-order chi connectivity index (χ0) is 52.0. The number of aliphatic hydroxyl groups excluding tert-OH is 1. The molecule has 0 aliphatic carbocycles. The molecule has 1 amide bonds. The number of phosphoric ester groups is 1. The molecular weight excluding hydrogens is 900 g/mol. The van der Waals surface area contributed by atoms with Gasteiger partial charge in [-0.15, -0.1) is 0 Å². The normalized spacial score (nSPS) is 14.1. The third-order valence-electron chi connectivity index (χ3n) is 14.1. The lowest BCUT2D eigenvalue weighted by molar-refractivity contribution is -0.870. The van der Waals surface area contributed by atoms with E-state index in [9.17, 15) is 19.4 Å². The molecular formula is C62H122N2O6P+. The predicted molar refractivity (Wildman–Crippen MR) is 309 cm³/mol. The summed E-state index contributed by atoms with van der Waals surface area (Å²) in [6, 6.07) is -0.841. The number of aliphatic hydroxyl groups is 1. The molecule has 0 rings (SSSR count). The molecule has 3 unspecified atom stereocenters. The van der Waals surface area contributed by atoms with Gasteiger partial charge in [0.1, 0.15) is 13.2 Å². The van der Waals surface area contributed by atoms with E-state index in [1.54, 1.807) is 6.08 Å². The molecule has 420 valence electrons. The van der Waals surface area contributed by atoms with Crippen LogP contribution in [0.3, 0.4) is 0 Å². The summed E-state index contributed by atoms with van der Waals surface area (Å²) in [6.07, 6.45) is 70.3. The second-order valence-electron chi connectivity index (χ2n) is 22.4. The summed E-state index contributed by atoms with van der Waals surface area (Å²) in [5.41, 5.74) is 0. The molecule has 0 aliphatic heterocycles. The highest BCUT2D eigenvalue weighted by Crippen LogP contribution is 2.43. The zero-order valence-electron chi connectivity index (χ0n) is 48.0. The molecule has 0 saturated heterocycles. The summed E-state index contributed by atoms with van der Waals surface area (Å²) < 4.78 is 23.6. The lowest BCUT2D eigenvalue weighted by Gasteiger charge is -2.25. The van der Waals surface area contributed by atoms with Gasteiger partial charge < -0.3 is 19.8 Å². The molecule has 0 saturated carbocycles. The van der Waals surface area contributed by atoms with Crippen LogP contribution >= 0.6 is 7.82 Å². The third kappa shape index (κ3) is 56.3. The van der Waals surface area contributed by atoms with Gasteiger partial charge in [0.15, 0.2) is 0 Å². The van der Waals surface area contributed by atoms with Gasteiger partial charge in [0.2, 0.25) is 5.91 Å². The van der Waals surface area contributed by atoms with Crippen molar-refractivity contribution in [3.8, 4) is 0 Å². The Morgan fingerprint density at radius 3 is 1.15 bits per heavy atom. The number of hydrogen-bond donors (Lipinski definition) is 3. The molecule has 0 heterocycles. The topological polar surface area (TPSA) is 105 Å². The molecule has 0 bridgehead atoms. The van der Waals surface area contributed by atoms with Crippen LogP contribution in [0.4, 0.5) is 0 Å². The largest absolute Gasteiger partial charge is 0.472 e. The number of carbonyl (C=O) groups excluding carboxylic acids is 1. The molecule has 0 aromatic heterocycles.